The fourth-order valence-corrected chi connectivity index (χ4v) is 1.57. The second-order valence-corrected chi connectivity index (χ2v) is 4.01. The Bertz CT molecular complexity index is 605. The lowest BCUT2D eigenvalue weighted by molar-refractivity contribution is -0.118. The van der Waals surface area contributed by atoms with E-state index >= 15 is 0 Å². The smallest absolute Gasteiger partial charge is 0.216 e. The number of carbonyl (C=O) groups excluding carboxylic acids is 1. The average Bonchev–Trinajstić information content (AvgIpc) is 2.45. The number of nitrogens with zero attached hydrogens (tertiary/aromatic N) is 2. The SMILES string of the molecule is CNC(C)=O.c1ccc2nc3ccccc3nc2c1. The van der Waals surface area contributed by atoms with Crippen LogP contribution in [0.5, 0.6) is 0 Å². The van der Waals surface area contributed by atoms with Gasteiger partial charge in [0, 0.05) is 14.0 Å². The Labute approximate surface area is 111 Å². The summed E-state index contributed by atoms with van der Waals surface area (Å²) in [5.74, 6) is 0.00463. The number of benzene rings is 2. The van der Waals surface area contributed by atoms with Gasteiger partial charge in [-0.05, 0) is 24.3 Å². The van der Waals surface area contributed by atoms with Crippen molar-refractivity contribution in [3.8, 4) is 0 Å². The first kappa shape index (κ1) is 13.0. The molecule has 0 unspecified atom stereocenters. The van der Waals surface area contributed by atoms with Crippen molar-refractivity contribution in [2.45, 2.75) is 6.92 Å². The molecule has 0 fully saturated rings. The molecule has 1 heterocycles. The van der Waals surface area contributed by atoms with Crippen LogP contribution >= 0.6 is 0 Å². The molecule has 0 radical (unpaired) electrons. The van der Waals surface area contributed by atoms with Crippen LogP contribution in [-0.4, -0.2) is 22.9 Å². The predicted molar refractivity (Wildman–Crippen MR) is 76.8 cm³/mol. The normalized spacial score (nSPS) is 9.79. The highest BCUT2D eigenvalue weighted by Crippen LogP contribution is 2.14. The number of nitrogens with one attached hydrogen (secondary N) is 1. The van der Waals surface area contributed by atoms with Gasteiger partial charge in [0.15, 0.2) is 0 Å². The van der Waals surface area contributed by atoms with Gasteiger partial charge in [-0.15, -0.1) is 0 Å². The summed E-state index contributed by atoms with van der Waals surface area (Å²) in [6.45, 7) is 1.47. The second-order valence-electron chi connectivity index (χ2n) is 4.01. The number of aromatic nitrogens is 2. The molecule has 0 atom stereocenters. The van der Waals surface area contributed by atoms with Crippen LogP contribution in [0.15, 0.2) is 48.5 Å². The van der Waals surface area contributed by atoms with Crippen LogP contribution in [0, 0.1) is 0 Å². The van der Waals surface area contributed by atoms with Crippen LogP contribution in [-0.2, 0) is 4.79 Å². The third kappa shape index (κ3) is 3.25. The van der Waals surface area contributed by atoms with Gasteiger partial charge in [0.05, 0.1) is 22.1 Å². The van der Waals surface area contributed by atoms with Crippen molar-refractivity contribution in [1.29, 1.82) is 0 Å². The maximum absolute atomic E-state index is 9.70. The van der Waals surface area contributed by atoms with E-state index < -0.39 is 0 Å². The van der Waals surface area contributed by atoms with Crippen LogP contribution in [0.4, 0.5) is 0 Å². The van der Waals surface area contributed by atoms with Gasteiger partial charge in [0.25, 0.3) is 0 Å². The number of carbonyl (C=O) groups is 1. The van der Waals surface area contributed by atoms with Crippen molar-refractivity contribution in [2.24, 2.45) is 0 Å². The van der Waals surface area contributed by atoms with Gasteiger partial charge in [0.1, 0.15) is 0 Å². The highest BCUT2D eigenvalue weighted by atomic mass is 16.1. The molecule has 3 rings (SSSR count). The second kappa shape index (κ2) is 5.91. The van der Waals surface area contributed by atoms with E-state index in [0.717, 1.165) is 22.1 Å². The largest absolute Gasteiger partial charge is 0.359 e. The molecule has 0 bridgehead atoms. The molecule has 1 amide bonds. The van der Waals surface area contributed by atoms with E-state index in [1.54, 1.807) is 7.05 Å². The fourth-order valence-electron chi connectivity index (χ4n) is 1.57. The summed E-state index contributed by atoms with van der Waals surface area (Å²) in [7, 11) is 1.60. The zero-order chi connectivity index (χ0) is 13.7. The number of para-hydroxylation sites is 4. The Balaban J connectivity index is 0.000000232. The highest BCUT2D eigenvalue weighted by Gasteiger charge is 1.98. The summed E-state index contributed by atoms with van der Waals surface area (Å²) < 4.78 is 0. The molecule has 0 saturated carbocycles. The molecule has 2 aromatic carbocycles. The van der Waals surface area contributed by atoms with E-state index in [-0.39, 0.29) is 5.91 Å². The first-order chi connectivity index (χ1) is 9.20. The molecule has 0 spiro atoms. The summed E-state index contributed by atoms with van der Waals surface area (Å²) >= 11 is 0. The first-order valence-electron chi connectivity index (χ1n) is 6.00. The zero-order valence-corrected chi connectivity index (χ0v) is 10.9. The Kier molecular flexibility index (Phi) is 4.03. The topological polar surface area (TPSA) is 54.9 Å². The van der Waals surface area contributed by atoms with Crippen molar-refractivity contribution in [2.75, 3.05) is 7.05 Å². The van der Waals surface area contributed by atoms with E-state index in [1.807, 2.05) is 48.5 Å². The minimum absolute atomic E-state index is 0.00463. The van der Waals surface area contributed by atoms with Gasteiger partial charge in [-0.25, -0.2) is 9.97 Å². The van der Waals surface area contributed by atoms with Crippen LogP contribution in [0.2, 0.25) is 0 Å². The number of amides is 1. The molecule has 0 aliphatic carbocycles. The lowest BCUT2D eigenvalue weighted by Crippen LogP contribution is -2.11. The monoisotopic (exact) mass is 253 g/mol. The van der Waals surface area contributed by atoms with E-state index in [4.69, 9.17) is 0 Å². The average molecular weight is 253 g/mol. The van der Waals surface area contributed by atoms with Crippen molar-refractivity contribution < 1.29 is 4.79 Å². The lowest BCUT2D eigenvalue weighted by Gasteiger charge is -1.98. The van der Waals surface area contributed by atoms with Gasteiger partial charge in [-0.1, -0.05) is 24.3 Å². The Hall–Kier alpha value is -2.49. The highest BCUT2D eigenvalue weighted by molar-refractivity contribution is 5.85. The van der Waals surface area contributed by atoms with E-state index in [0.29, 0.717) is 0 Å². The van der Waals surface area contributed by atoms with Crippen molar-refractivity contribution in [3.63, 3.8) is 0 Å². The zero-order valence-electron chi connectivity index (χ0n) is 10.9. The Morgan fingerprint density at radius 1 is 0.842 bits per heavy atom. The molecule has 1 aromatic heterocycles. The fraction of sp³-hybridized carbons (Fsp3) is 0.133. The molecule has 4 nitrogen and oxygen atoms in total. The Morgan fingerprint density at radius 2 is 1.11 bits per heavy atom. The van der Waals surface area contributed by atoms with E-state index in [9.17, 15) is 4.79 Å². The number of hydrogen-bond donors (Lipinski definition) is 1. The molecule has 0 aliphatic rings. The van der Waals surface area contributed by atoms with Gasteiger partial charge in [-0.3, -0.25) is 4.79 Å². The van der Waals surface area contributed by atoms with E-state index in [2.05, 4.69) is 15.3 Å². The molecule has 3 aromatic rings. The first-order valence-corrected chi connectivity index (χ1v) is 6.00. The molecule has 1 N–H and O–H groups in total. The summed E-state index contributed by atoms with van der Waals surface area (Å²) in [5.41, 5.74) is 3.80. The minimum atomic E-state index is 0.00463. The van der Waals surface area contributed by atoms with Crippen LogP contribution in [0.3, 0.4) is 0 Å². The maximum Gasteiger partial charge on any atom is 0.216 e. The predicted octanol–water partition coefficient (Wildman–Crippen LogP) is 2.54. The summed E-state index contributed by atoms with van der Waals surface area (Å²) in [6, 6.07) is 15.8. The van der Waals surface area contributed by atoms with Gasteiger partial charge < -0.3 is 5.32 Å². The Morgan fingerprint density at radius 3 is 1.32 bits per heavy atom. The molecular weight excluding hydrogens is 238 g/mol. The maximum atomic E-state index is 9.70. The van der Waals surface area contributed by atoms with Crippen LogP contribution in [0.1, 0.15) is 6.92 Å². The van der Waals surface area contributed by atoms with E-state index in [1.165, 1.54) is 6.92 Å². The third-order valence-electron chi connectivity index (χ3n) is 2.60. The number of hydrogen-bond acceptors (Lipinski definition) is 3. The van der Waals surface area contributed by atoms with Crippen LogP contribution in [0.25, 0.3) is 22.1 Å². The molecule has 96 valence electrons. The third-order valence-corrected chi connectivity index (χ3v) is 2.60. The summed E-state index contributed by atoms with van der Waals surface area (Å²) in [6.07, 6.45) is 0. The summed E-state index contributed by atoms with van der Waals surface area (Å²) in [5, 5.41) is 2.39. The van der Waals surface area contributed by atoms with Crippen molar-refractivity contribution >= 4 is 28.0 Å². The van der Waals surface area contributed by atoms with Crippen LogP contribution < -0.4 is 5.32 Å². The minimum Gasteiger partial charge on any atom is -0.359 e. The lowest BCUT2D eigenvalue weighted by atomic mass is 10.2. The number of rotatable bonds is 0. The number of fused-ring (bicyclic) bond motifs is 2. The summed E-state index contributed by atoms with van der Waals surface area (Å²) in [4.78, 5) is 18.7. The molecule has 0 aliphatic heterocycles. The van der Waals surface area contributed by atoms with Crippen molar-refractivity contribution in [3.05, 3.63) is 48.5 Å². The standard InChI is InChI=1S/C12H8N2.C3H7NO/c1-2-6-10-9(5-1)13-11-7-3-4-8-12(11)14-10;1-3(5)4-2/h1-8H;1-2H3,(H,4,5). The van der Waals surface area contributed by atoms with Gasteiger partial charge >= 0.3 is 0 Å². The molecule has 0 saturated heterocycles. The quantitative estimate of drug-likeness (QED) is 0.626. The van der Waals surface area contributed by atoms with Gasteiger partial charge in [-0.2, -0.15) is 0 Å². The molecule has 4 heteroatoms. The molecular formula is C15H15N3O. The van der Waals surface area contributed by atoms with Crippen molar-refractivity contribution in [1.82, 2.24) is 15.3 Å². The van der Waals surface area contributed by atoms with Gasteiger partial charge in [0.2, 0.25) is 5.91 Å². The molecule has 19 heavy (non-hydrogen) atoms.